The zero-order chi connectivity index (χ0) is 15.0. The molecule has 0 aromatic heterocycles. The van der Waals surface area contributed by atoms with E-state index < -0.39 is 0 Å². The minimum Gasteiger partial charge on any atom is -0.348 e. The van der Waals surface area contributed by atoms with E-state index in [1.165, 1.54) is 0 Å². The van der Waals surface area contributed by atoms with Crippen molar-refractivity contribution in [2.24, 2.45) is 0 Å². The molecule has 2 nitrogen and oxygen atoms in total. The van der Waals surface area contributed by atoms with E-state index in [9.17, 15) is 4.79 Å². The number of nitrogens with one attached hydrogen (secondary N) is 1. The number of carbonyl (C=O) groups is 1. The molecule has 0 saturated carbocycles. The highest BCUT2D eigenvalue weighted by molar-refractivity contribution is 9.10. The highest BCUT2D eigenvalue weighted by Crippen LogP contribution is 2.17. The van der Waals surface area contributed by atoms with Gasteiger partial charge < -0.3 is 5.32 Å². The number of benzene rings is 1. The summed E-state index contributed by atoms with van der Waals surface area (Å²) < 4.78 is 0.918. The number of halogens is 1. The summed E-state index contributed by atoms with van der Waals surface area (Å²) in [4.78, 5) is 12.2. The van der Waals surface area contributed by atoms with Gasteiger partial charge in [-0.1, -0.05) is 65.4 Å². The van der Waals surface area contributed by atoms with Crippen LogP contribution in [0.1, 0.15) is 29.8 Å². The Morgan fingerprint density at radius 2 is 2.15 bits per heavy atom. The smallest absolute Gasteiger partial charge is 0.251 e. The van der Waals surface area contributed by atoms with Gasteiger partial charge in [-0.2, -0.15) is 0 Å². The van der Waals surface area contributed by atoms with E-state index in [1.54, 1.807) is 6.08 Å². The molecule has 1 N–H and O–H groups in total. The van der Waals surface area contributed by atoms with Gasteiger partial charge in [-0.25, -0.2) is 0 Å². The topological polar surface area (TPSA) is 29.1 Å². The summed E-state index contributed by atoms with van der Waals surface area (Å²) in [5, 5.41) is 2.94. The van der Waals surface area contributed by atoms with Gasteiger partial charge >= 0.3 is 0 Å². The quantitative estimate of drug-likeness (QED) is 0.766. The highest BCUT2D eigenvalue weighted by atomic mass is 79.9. The van der Waals surface area contributed by atoms with Crippen molar-refractivity contribution in [2.75, 3.05) is 6.54 Å². The van der Waals surface area contributed by atoms with Crippen molar-refractivity contribution in [3.8, 4) is 0 Å². The van der Waals surface area contributed by atoms with Gasteiger partial charge in [0.2, 0.25) is 0 Å². The van der Waals surface area contributed by atoms with Crippen LogP contribution in [-0.2, 0) is 6.42 Å². The van der Waals surface area contributed by atoms with Gasteiger partial charge in [-0.15, -0.1) is 0 Å². The zero-order valence-electron chi connectivity index (χ0n) is 11.9. The molecule has 106 valence electrons. The van der Waals surface area contributed by atoms with E-state index in [-0.39, 0.29) is 5.91 Å². The molecule has 20 heavy (non-hydrogen) atoms. The molecule has 0 aliphatic heterocycles. The van der Waals surface area contributed by atoms with Crippen molar-refractivity contribution >= 4 is 21.8 Å². The molecule has 0 fully saturated rings. The predicted octanol–water partition coefficient (Wildman–Crippen LogP) is 4.43. The van der Waals surface area contributed by atoms with Crippen molar-refractivity contribution < 1.29 is 4.79 Å². The molecule has 1 aromatic rings. The summed E-state index contributed by atoms with van der Waals surface area (Å²) in [6, 6.07) is 5.81. The Balaban J connectivity index is 2.72. The molecule has 0 spiro atoms. The molecule has 1 rings (SSSR count). The van der Waals surface area contributed by atoms with Gasteiger partial charge in [0.05, 0.1) is 0 Å². The van der Waals surface area contributed by atoms with Gasteiger partial charge in [0.1, 0.15) is 0 Å². The molecule has 0 heterocycles. The van der Waals surface area contributed by atoms with E-state index in [4.69, 9.17) is 0 Å². The number of carbonyl (C=O) groups excluding carboxylic acids is 1. The summed E-state index contributed by atoms with van der Waals surface area (Å²) in [7, 11) is 0. The molecule has 0 bridgehead atoms. The first-order valence-corrected chi connectivity index (χ1v) is 7.39. The zero-order valence-corrected chi connectivity index (χ0v) is 13.5. The average molecular weight is 334 g/mol. The highest BCUT2D eigenvalue weighted by Gasteiger charge is 2.10. The molecule has 0 saturated heterocycles. The lowest BCUT2D eigenvalue weighted by Crippen LogP contribution is -2.26. The van der Waals surface area contributed by atoms with Crippen molar-refractivity contribution in [1.82, 2.24) is 5.32 Å². The van der Waals surface area contributed by atoms with Crippen LogP contribution in [0.5, 0.6) is 0 Å². The third-order valence-electron chi connectivity index (χ3n) is 2.85. The maximum atomic E-state index is 12.2. The van der Waals surface area contributed by atoms with Crippen LogP contribution in [-0.4, -0.2) is 12.5 Å². The van der Waals surface area contributed by atoms with Crippen molar-refractivity contribution in [1.29, 1.82) is 0 Å². The van der Waals surface area contributed by atoms with E-state index in [1.807, 2.05) is 50.3 Å². The van der Waals surface area contributed by atoms with Gasteiger partial charge in [0, 0.05) is 16.6 Å². The molecular formula is C17H20BrNO. The minimum absolute atomic E-state index is 0.0383. The van der Waals surface area contributed by atoms with E-state index in [0.29, 0.717) is 6.54 Å². The Morgan fingerprint density at radius 1 is 1.40 bits per heavy atom. The number of rotatable bonds is 6. The molecule has 1 aromatic carbocycles. The lowest BCUT2D eigenvalue weighted by Gasteiger charge is -2.09. The predicted molar refractivity (Wildman–Crippen MR) is 88.9 cm³/mol. The van der Waals surface area contributed by atoms with Crippen LogP contribution in [0.25, 0.3) is 0 Å². The number of allylic oxidation sites excluding steroid dienone is 4. The van der Waals surface area contributed by atoms with Crippen LogP contribution in [0.3, 0.4) is 0 Å². The van der Waals surface area contributed by atoms with E-state index in [0.717, 1.165) is 27.6 Å². The fraction of sp³-hybridized carbons (Fsp3) is 0.235. The second kappa shape index (κ2) is 8.54. The Bertz CT molecular complexity index is 544. The third-order valence-corrected chi connectivity index (χ3v) is 3.35. The molecule has 0 aliphatic rings. The third kappa shape index (κ3) is 5.17. The number of hydrogen-bond acceptors (Lipinski definition) is 1. The molecule has 0 atom stereocenters. The summed E-state index contributed by atoms with van der Waals surface area (Å²) in [6.45, 7) is 8.17. The summed E-state index contributed by atoms with van der Waals surface area (Å²) in [5.41, 5.74) is 2.87. The van der Waals surface area contributed by atoms with Crippen molar-refractivity contribution in [2.45, 2.75) is 20.3 Å². The standard InChI is InChI=1S/C17H20BrNO/c1-4-6-7-8-13(3)12-19-17(20)16-11-15(18)10-9-14(16)5-2/h4,6-11H,1,5,12H2,2-3H3,(H,19,20)/b7-6-,13-8+. The Kier molecular flexibility index (Phi) is 7.02. The van der Waals surface area contributed by atoms with Crippen LogP contribution < -0.4 is 5.32 Å². The second-order valence-corrected chi connectivity index (χ2v) is 5.39. The number of hydrogen-bond donors (Lipinski definition) is 1. The summed E-state index contributed by atoms with van der Waals surface area (Å²) in [5.74, 6) is -0.0383. The maximum absolute atomic E-state index is 12.2. The maximum Gasteiger partial charge on any atom is 0.251 e. The molecule has 3 heteroatoms. The normalized spacial score (nSPS) is 11.7. The van der Waals surface area contributed by atoms with Crippen LogP contribution >= 0.6 is 15.9 Å². The summed E-state index contributed by atoms with van der Waals surface area (Å²) in [6.07, 6.45) is 8.29. The van der Waals surface area contributed by atoms with E-state index >= 15 is 0 Å². The lowest BCUT2D eigenvalue weighted by atomic mass is 10.0. The largest absolute Gasteiger partial charge is 0.348 e. The van der Waals surface area contributed by atoms with Gasteiger partial charge in [-0.3, -0.25) is 4.79 Å². The van der Waals surface area contributed by atoms with Gasteiger partial charge in [0.15, 0.2) is 0 Å². The molecule has 0 radical (unpaired) electrons. The molecule has 0 aliphatic carbocycles. The first kappa shape index (κ1) is 16.4. The van der Waals surface area contributed by atoms with Crippen molar-refractivity contribution in [3.63, 3.8) is 0 Å². The fourth-order valence-corrected chi connectivity index (χ4v) is 2.10. The number of aryl methyl sites for hydroxylation is 1. The van der Waals surface area contributed by atoms with Gasteiger partial charge in [0.25, 0.3) is 5.91 Å². The summed E-state index contributed by atoms with van der Waals surface area (Å²) >= 11 is 3.41. The molecule has 1 amide bonds. The average Bonchev–Trinajstić information content (AvgIpc) is 2.45. The second-order valence-electron chi connectivity index (χ2n) is 4.47. The first-order chi connectivity index (χ1) is 9.58. The monoisotopic (exact) mass is 333 g/mol. The lowest BCUT2D eigenvalue weighted by molar-refractivity contribution is 0.0956. The molecule has 0 unspecified atom stereocenters. The van der Waals surface area contributed by atoms with Gasteiger partial charge in [-0.05, 0) is 31.0 Å². The van der Waals surface area contributed by atoms with Crippen LogP contribution in [0.15, 0.2) is 59.1 Å². The first-order valence-electron chi connectivity index (χ1n) is 6.60. The SMILES string of the molecule is C=C/C=C\C=C(/C)CNC(=O)c1cc(Br)ccc1CC. The molecular weight excluding hydrogens is 314 g/mol. The Hall–Kier alpha value is -1.61. The van der Waals surface area contributed by atoms with E-state index in [2.05, 4.69) is 27.8 Å². The fourth-order valence-electron chi connectivity index (χ4n) is 1.74. The van der Waals surface area contributed by atoms with Crippen LogP contribution in [0.2, 0.25) is 0 Å². The minimum atomic E-state index is -0.0383. The number of amides is 1. The van der Waals surface area contributed by atoms with Crippen LogP contribution in [0.4, 0.5) is 0 Å². The Morgan fingerprint density at radius 3 is 2.80 bits per heavy atom. The van der Waals surface area contributed by atoms with Crippen molar-refractivity contribution in [3.05, 3.63) is 70.3 Å². The Labute approximate surface area is 129 Å². The van der Waals surface area contributed by atoms with Crippen LogP contribution in [0, 0.1) is 0 Å².